The molecule has 0 aliphatic rings. The number of carbonyl (C=O) groups is 1. The van der Waals surface area contributed by atoms with E-state index in [0.717, 1.165) is 0 Å². The highest BCUT2D eigenvalue weighted by Gasteiger charge is 2.21. The lowest BCUT2D eigenvalue weighted by atomic mass is 10.3. The fourth-order valence-electron chi connectivity index (χ4n) is 0.978. The Bertz CT molecular complexity index is 389. The minimum absolute atomic E-state index is 0.143. The van der Waals surface area contributed by atoms with Crippen LogP contribution in [-0.4, -0.2) is 18.1 Å². The molecule has 1 rings (SSSR count). The maximum absolute atomic E-state index is 13.4. The first-order valence-electron chi connectivity index (χ1n) is 4.57. The maximum Gasteiger partial charge on any atom is 0.351 e. The number of halogens is 2. The van der Waals surface area contributed by atoms with E-state index in [1.54, 1.807) is 19.1 Å². The van der Waals surface area contributed by atoms with Crippen molar-refractivity contribution in [1.82, 2.24) is 0 Å². The summed E-state index contributed by atoms with van der Waals surface area (Å²) in [6, 6.07) is 4.67. The highest BCUT2D eigenvalue weighted by molar-refractivity contribution is 8.00. The molecular weight excluding hydrogens is 253 g/mol. The summed E-state index contributed by atoms with van der Waals surface area (Å²) in [7, 11) is 0. The Morgan fingerprint density at radius 3 is 3.00 bits per heavy atom. The molecule has 88 valence electrons. The summed E-state index contributed by atoms with van der Waals surface area (Å²) in [5.41, 5.74) is 4.20. The second-order valence-electron chi connectivity index (χ2n) is 2.88. The van der Waals surface area contributed by atoms with Gasteiger partial charge in [0.15, 0.2) is 0 Å². The van der Waals surface area contributed by atoms with Crippen molar-refractivity contribution in [3.05, 3.63) is 23.2 Å². The molecule has 0 amide bonds. The van der Waals surface area contributed by atoms with Crippen molar-refractivity contribution in [3.8, 4) is 0 Å². The van der Waals surface area contributed by atoms with Crippen LogP contribution in [0.15, 0.2) is 23.1 Å². The molecule has 0 bridgehead atoms. The number of anilines is 1. The van der Waals surface area contributed by atoms with Gasteiger partial charge in [0.2, 0.25) is 5.50 Å². The maximum atomic E-state index is 13.4. The van der Waals surface area contributed by atoms with Gasteiger partial charge in [-0.1, -0.05) is 23.4 Å². The van der Waals surface area contributed by atoms with E-state index < -0.39 is 11.5 Å². The lowest BCUT2D eigenvalue weighted by Gasteiger charge is -2.08. The summed E-state index contributed by atoms with van der Waals surface area (Å²) < 4.78 is 17.9. The van der Waals surface area contributed by atoms with Crippen LogP contribution in [0.5, 0.6) is 0 Å². The monoisotopic (exact) mass is 263 g/mol. The number of ether oxygens (including phenoxy) is 1. The number of benzene rings is 1. The average Bonchev–Trinajstić information content (AvgIpc) is 2.23. The Balaban J connectivity index is 2.72. The van der Waals surface area contributed by atoms with Crippen LogP contribution in [-0.2, 0) is 9.53 Å². The van der Waals surface area contributed by atoms with Gasteiger partial charge in [0.05, 0.1) is 11.6 Å². The quantitative estimate of drug-likeness (QED) is 0.516. The van der Waals surface area contributed by atoms with Gasteiger partial charge in [-0.2, -0.15) is 0 Å². The molecule has 0 radical (unpaired) electrons. The van der Waals surface area contributed by atoms with Gasteiger partial charge in [0.25, 0.3) is 0 Å². The fourth-order valence-corrected chi connectivity index (χ4v) is 2.00. The Morgan fingerprint density at radius 2 is 2.38 bits per heavy atom. The SMILES string of the molecule is CCOC(=O)C(F)Sc1cc(N)ccc1Cl. The predicted molar refractivity (Wildman–Crippen MR) is 63.3 cm³/mol. The summed E-state index contributed by atoms with van der Waals surface area (Å²) in [5.74, 6) is -0.911. The standard InChI is InChI=1S/C10H11ClFNO2S/c1-2-15-10(14)9(12)16-8-5-6(13)3-4-7(8)11/h3-5,9H,2,13H2,1H3. The van der Waals surface area contributed by atoms with Crippen molar-refractivity contribution < 1.29 is 13.9 Å². The molecule has 0 saturated heterocycles. The number of esters is 1. The third kappa shape index (κ3) is 3.57. The molecule has 0 spiro atoms. The lowest BCUT2D eigenvalue weighted by Crippen LogP contribution is -2.15. The van der Waals surface area contributed by atoms with E-state index in [0.29, 0.717) is 27.4 Å². The van der Waals surface area contributed by atoms with Crippen LogP contribution in [0.3, 0.4) is 0 Å². The molecule has 2 N–H and O–H groups in total. The molecule has 0 heterocycles. The van der Waals surface area contributed by atoms with Gasteiger partial charge in [0, 0.05) is 10.6 Å². The van der Waals surface area contributed by atoms with Crippen molar-refractivity contribution in [1.29, 1.82) is 0 Å². The smallest absolute Gasteiger partial charge is 0.351 e. The van der Waals surface area contributed by atoms with E-state index in [2.05, 4.69) is 4.74 Å². The van der Waals surface area contributed by atoms with Gasteiger partial charge in [-0.3, -0.25) is 0 Å². The molecule has 0 fully saturated rings. The van der Waals surface area contributed by atoms with E-state index >= 15 is 0 Å². The molecule has 1 aromatic carbocycles. The zero-order valence-corrected chi connectivity index (χ0v) is 10.1. The molecule has 16 heavy (non-hydrogen) atoms. The topological polar surface area (TPSA) is 52.3 Å². The normalized spacial score (nSPS) is 12.2. The van der Waals surface area contributed by atoms with Crippen molar-refractivity contribution in [2.75, 3.05) is 12.3 Å². The molecule has 6 heteroatoms. The Labute approximate surface area is 102 Å². The van der Waals surface area contributed by atoms with Gasteiger partial charge >= 0.3 is 5.97 Å². The second kappa shape index (κ2) is 5.96. The highest BCUT2D eigenvalue weighted by Crippen LogP contribution is 2.32. The van der Waals surface area contributed by atoms with E-state index in [1.807, 2.05) is 0 Å². The van der Waals surface area contributed by atoms with Crippen LogP contribution in [0.1, 0.15) is 6.92 Å². The summed E-state index contributed by atoms with van der Waals surface area (Å²) >= 11 is 6.51. The first-order valence-corrected chi connectivity index (χ1v) is 5.82. The first kappa shape index (κ1) is 13.1. The van der Waals surface area contributed by atoms with Crippen LogP contribution in [0.4, 0.5) is 10.1 Å². The van der Waals surface area contributed by atoms with Crippen LogP contribution >= 0.6 is 23.4 Å². The Morgan fingerprint density at radius 1 is 1.69 bits per heavy atom. The molecule has 1 atom stereocenters. The number of rotatable bonds is 4. The van der Waals surface area contributed by atoms with Gasteiger partial charge < -0.3 is 10.5 Å². The molecule has 0 saturated carbocycles. The number of nitrogens with two attached hydrogens (primary N) is 1. The molecule has 1 aromatic rings. The number of nitrogen functional groups attached to an aromatic ring is 1. The van der Waals surface area contributed by atoms with Crippen molar-refractivity contribution in [3.63, 3.8) is 0 Å². The number of hydrogen-bond acceptors (Lipinski definition) is 4. The number of hydrogen-bond donors (Lipinski definition) is 1. The second-order valence-corrected chi connectivity index (χ2v) is 4.37. The van der Waals surface area contributed by atoms with Crippen molar-refractivity contribution >= 4 is 35.0 Å². The molecule has 0 aromatic heterocycles. The zero-order chi connectivity index (χ0) is 12.1. The van der Waals surface area contributed by atoms with Crippen LogP contribution in [0, 0.1) is 0 Å². The molecule has 3 nitrogen and oxygen atoms in total. The van der Waals surface area contributed by atoms with Gasteiger partial charge in [-0.05, 0) is 25.1 Å². The largest absolute Gasteiger partial charge is 0.463 e. The van der Waals surface area contributed by atoms with E-state index in [4.69, 9.17) is 17.3 Å². The van der Waals surface area contributed by atoms with Gasteiger partial charge in [-0.15, -0.1) is 0 Å². The van der Waals surface area contributed by atoms with Crippen molar-refractivity contribution in [2.24, 2.45) is 0 Å². The Kier molecular flexibility index (Phi) is 4.89. The van der Waals surface area contributed by atoms with E-state index in [-0.39, 0.29) is 6.61 Å². The molecular formula is C10H11ClFNO2S. The summed E-state index contributed by atoms with van der Waals surface area (Å²) in [6.45, 7) is 1.76. The van der Waals surface area contributed by atoms with E-state index in [1.165, 1.54) is 6.07 Å². The van der Waals surface area contributed by atoms with Gasteiger partial charge in [-0.25, -0.2) is 9.18 Å². The van der Waals surface area contributed by atoms with Crippen molar-refractivity contribution in [2.45, 2.75) is 17.3 Å². The van der Waals surface area contributed by atoms with Crippen LogP contribution in [0.25, 0.3) is 0 Å². The molecule has 0 aliphatic carbocycles. The minimum atomic E-state index is -1.79. The fraction of sp³-hybridized carbons (Fsp3) is 0.300. The highest BCUT2D eigenvalue weighted by atomic mass is 35.5. The lowest BCUT2D eigenvalue weighted by molar-refractivity contribution is -0.145. The summed E-state index contributed by atoms with van der Waals surface area (Å²) in [5, 5.41) is 0.353. The van der Waals surface area contributed by atoms with Gasteiger partial charge in [0.1, 0.15) is 0 Å². The van der Waals surface area contributed by atoms with Crippen LogP contribution in [0.2, 0.25) is 5.02 Å². The Hall–Kier alpha value is -0.940. The third-order valence-corrected chi connectivity index (χ3v) is 3.09. The summed E-state index contributed by atoms with van der Waals surface area (Å²) in [6.07, 6.45) is 0. The molecule has 1 unspecified atom stereocenters. The third-order valence-electron chi connectivity index (χ3n) is 1.66. The number of carbonyl (C=O) groups excluding carboxylic acids is 1. The average molecular weight is 264 g/mol. The van der Waals surface area contributed by atoms with E-state index in [9.17, 15) is 9.18 Å². The predicted octanol–water partition coefficient (Wildman–Crippen LogP) is 2.87. The first-order chi connectivity index (χ1) is 7.54. The zero-order valence-electron chi connectivity index (χ0n) is 8.57. The summed E-state index contributed by atoms with van der Waals surface area (Å²) in [4.78, 5) is 11.5. The van der Waals surface area contributed by atoms with Crippen LogP contribution < -0.4 is 5.73 Å². The number of alkyl halides is 1. The molecule has 0 aliphatic heterocycles. The minimum Gasteiger partial charge on any atom is -0.463 e. The number of thioether (sulfide) groups is 1.